The largest absolute Gasteiger partial charge is 0.375 e. The third-order valence-corrected chi connectivity index (χ3v) is 9.00. The molecule has 0 aliphatic heterocycles. The number of methoxy groups -OCH3 is 1. The second-order valence-electron chi connectivity index (χ2n) is 6.67. The van der Waals surface area contributed by atoms with E-state index in [2.05, 4.69) is 53.8 Å². The molecule has 0 N–H and O–H groups in total. The van der Waals surface area contributed by atoms with Gasteiger partial charge in [-0.15, -0.1) is 0 Å². The van der Waals surface area contributed by atoms with Gasteiger partial charge >= 0.3 is 0 Å². The molecule has 112 valence electrons. The summed E-state index contributed by atoms with van der Waals surface area (Å²) in [4.78, 5) is 0. The molecule has 0 amide bonds. The maximum Gasteiger partial charge on any atom is 0.0801 e. The van der Waals surface area contributed by atoms with Gasteiger partial charge in [0.05, 0.1) is 13.7 Å². The van der Waals surface area contributed by atoms with Gasteiger partial charge in [-0.25, -0.2) is 0 Å². The van der Waals surface area contributed by atoms with Crippen LogP contribution in [-0.2, 0) is 4.74 Å². The normalized spacial score (nSPS) is 13.7. The summed E-state index contributed by atoms with van der Waals surface area (Å²) in [6, 6.07) is 2.75. The SMILES string of the molecule is C=C(C)C/C(=C/C(C)(C)OC)[Si](C)(CCC)CCC. The summed E-state index contributed by atoms with van der Waals surface area (Å²) in [6.45, 7) is 17.7. The lowest BCUT2D eigenvalue weighted by molar-refractivity contribution is 0.0651. The van der Waals surface area contributed by atoms with E-state index in [9.17, 15) is 0 Å². The molecule has 0 atom stereocenters. The van der Waals surface area contributed by atoms with Crippen molar-refractivity contribution in [1.82, 2.24) is 0 Å². The average molecular weight is 283 g/mol. The second kappa shape index (κ2) is 8.06. The van der Waals surface area contributed by atoms with Gasteiger partial charge in [0.1, 0.15) is 0 Å². The second-order valence-corrected chi connectivity index (χ2v) is 11.4. The summed E-state index contributed by atoms with van der Waals surface area (Å²) >= 11 is 0. The van der Waals surface area contributed by atoms with E-state index in [1.165, 1.54) is 30.5 Å². The summed E-state index contributed by atoms with van der Waals surface area (Å²) in [7, 11) is 0.452. The van der Waals surface area contributed by atoms with Crippen molar-refractivity contribution in [2.24, 2.45) is 0 Å². The molecular weight excluding hydrogens is 248 g/mol. The topological polar surface area (TPSA) is 9.23 Å². The molecule has 0 aromatic heterocycles. The molecule has 0 aromatic rings. The van der Waals surface area contributed by atoms with Gasteiger partial charge in [-0.05, 0) is 27.2 Å². The lowest BCUT2D eigenvalue weighted by Gasteiger charge is -2.33. The molecule has 0 aliphatic rings. The Morgan fingerprint density at radius 3 is 2.00 bits per heavy atom. The van der Waals surface area contributed by atoms with Crippen molar-refractivity contribution >= 4 is 8.07 Å². The van der Waals surface area contributed by atoms with E-state index in [1.807, 2.05) is 0 Å². The first-order valence-corrected chi connectivity index (χ1v) is 10.5. The molecule has 0 bridgehead atoms. The van der Waals surface area contributed by atoms with Crippen LogP contribution in [0.25, 0.3) is 0 Å². The fourth-order valence-electron chi connectivity index (χ4n) is 2.79. The Kier molecular flexibility index (Phi) is 7.91. The van der Waals surface area contributed by atoms with E-state index < -0.39 is 8.07 Å². The van der Waals surface area contributed by atoms with Gasteiger partial charge in [0.25, 0.3) is 0 Å². The van der Waals surface area contributed by atoms with Crippen LogP contribution >= 0.6 is 0 Å². The van der Waals surface area contributed by atoms with Crippen LogP contribution < -0.4 is 0 Å². The van der Waals surface area contributed by atoms with Crippen LogP contribution in [0.4, 0.5) is 0 Å². The molecule has 2 heteroatoms. The van der Waals surface area contributed by atoms with Crippen LogP contribution in [0.3, 0.4) is 0 Å². The Hall–Kier alpha value is -0.343. The van der Waals surface area contributed by atoms with Crippen molar-refractivity contribution in [2.75, 3.05) is 7.11 Å². The summed E-state index contributed by atoms with van der Waals surface area (Å²) in [6.07, 6.45) is 6.00. The minimum Gasteiger partial charge on any atom is -0.375 e. The predicted molar refractivity (Wildman–Crippen MR) is 90.4 cm³/mol. The summed E-state index contributed by atoms with van der Waals surface area (Å²) < 4.78 is 5.62. The maximum atomic E-state index is 5.62. The van der Waals surface area contributed by atoms with Gasteiger partial charge in [-0.1, -0.05) is 68.7 Å². The van der Waals surface area contributed by atoms with Crippen LogP contribution in [-0.4, -0.2) is 20.8 Å². The summed E-state index contributed by atoms with van der Waals surface area (Å²) in [5.41, 5.74) is 1.10. The first kappa shape index (κ1) is 18.7. The monoisotopic (exact) mass is 282 g/mol. The molecule has 0 unspecified atom stereocenters. The molecule has 0 aliphatic carbocycles. The first-order valence-electron chi connectivity index (χ1n) is 7.62. The zero-order chi connectivity index (χ0) is 15.1. The van der Waals surface area contributed by atoms with E-state index >= 15 is 0 Å². The highest BCUT2D eigenvalue weighted by molar-refractivity contribution is 6.85. The number of allylic oxidation sites excluding steroid dienone is 2. The van der Waals surface area contributed by atoms with Crippen LogP contribution in [0.2, 0.25) is 18.6 Å². The first-order chi connectivity index (χ1) is 8.70. The van der Waals surface area contributed by atoms with E-state index in [-0.39, 0.29) is 5.60 Å². The van der Waals surface area contributed by atoms with Crippen LogP contribution in [0, 0.1) is 0 Å². The fourth-order valence-corrected chi connectivity index (χ4v) is 7.32. The van der Waals surface area contributed by atoms with Gasteiger partial charge in [0.15, 0.2) is 0 Å². The molecule has 0 spiro atoms. The van der Waals surface area contributed by atoms with Gasteiger partial charge in [-0.2, -0.15) is 0 Å². The molecule has 0 saturated heterocycles. The van der Waals surface area contributed by atoms with Gasteiger partial charge in [-0.3, -0.25) is 0 Å². The molecule has 0 radical (unpaired) electrons. The Balaban J connectivity index is 5.47. The predicted octanol–water partition coefficient (Wildman–Crippen LogP) is 5.74. The lowest BCUT2D eigenvalue weighted by Crippen LogP contribution is -2.35. The van der Waals surface area contributed by atoms with E-state index in [0.717, 1.165) is 6.42 Å². The highest BCUT2D eigenvalue weighted by Crippen LogP contribution is 2.33. The van der Waals surface area contributed by atoms with Gasteiger partial charge < -0.3 is 4.74 Å². The van der Waals surface area contributed by atoms with Crippen molar-refractivity contribution in [2.45, 2.75) is 78.1 Å². The average Bonchev–Trinajstić information content (AvgIpc) is 2.28. The van der Waals surface area contributed by atoms with Gasteiger partial charge in [0.2, 0.25) is 0 Å². The number of rotatable bonds is 9. The quantitative estimate of drug-likeness (QED) is 0.387. The molecule has 0 fully saturated rings. The molecular formula is C17H34OSi. The van der Waals surface area contributed by atoms with Crippen LogP contribution in [0.1, 0.15) is 53.9 Å². The van der Waals surface area contributed by atoms with Crippen molar-refractivity contribution in [3.63, 3.8) is 0 Å². The number of hydrogen-bond acceptors (Lipinski definition) is 1. The zero-order valence-electron chi connectivity index (χ0n) is 14.2. The Morgan fingerprint density at radius 1 is 1.21 bits per heavy atom. The highest BCUT2D eigenvalue weighted by atomic mass is 28.3. The smallest absolute Gasteiger partial charge is 0.0801 e. The number of ether oxygens (including phenoxy) is 1. The standard InChI is InChI=1S/C17H34OSi/c1-9-11-19(8,12-10-2)16(13-15(3)4)14-17(5,6)18-7/h14H,3,9-13H2,1-2,4-8H3/b16-14-. The van der Waals surface area contributed by atoms with Crippen molar-refractivity contribution < 1.29 is 4.74 Å². The van der Waals surface area contributed by atoms with Crippen LogP contribution in [0.5, 0.6) is 0 Å². The molecule has 0 heterocycles. The fraction of sp³-hybridized carbons (Fsp3) is 0.765. The Labute approximate surface area is 122 Å². The Bertz CT molecular complexity index is 309. The lowest BCUT2D eigenvalue weighted by atomic mass is 10.1. The molecule has 0 rings (SSSR count). The third kappa shape index (κ3) is 6.58. The maximum absolute atomic E-state index is 5.62. The Morgan fingerprint density at radius 2 is 1.68 bits per heavy atom. The van der Waals surface area contributed by atoms with E-state index in [1.54, 1.807) is 12.3 Å². The molecule has 19 heavy (non-hydrogen) atoms. The molecule has 0 aromatic carbocycles. The highest BCUT2D eigenvalue weighted by Gasteiger charge is 2.31. The third-order valence-electron chi connectivity index (χ3n) is 3.92. The minimum atomic E-state index is -1.35. The van der Waals surface area contributed by atoms with Crippen molar-refractivity contribution in [3.05, 3.63) is 23.4 Å². The minimum absolute atomic E-state index is 0.166. The van der Waals surface area contributed by atoms with E-state index in [0.29, 0.717) is 0 Å². The zero-order valence-corrected chi connectivity index (χ0v) is 15.2. The van der Waals surface area contributed by atoms with Crippen molar-refractivity contribution in [3.8, 4) is 0 Å². The molecule has 1 nitrogen and oxygen atoms in total. The molecule has 0 saturated carbocycles. The summed E-state index contributed by atoms with van der Waals surface area (Å²) in [5.74, 6) is 0. The van der Waals surface area contributed by atoms with E-state index in [4.69, 9.17) is 4.74 Å². The van der Waals surface area contributed by atoms with Crippen LogP contribution in [0.15, 0.2) is 23.4 Å². The summed E-state index contributed by atoms with van der Waals surface area (Å²) in [5, 5.41) is 1.63. The van der Waals surface area contributed by atoms with Crippen molar-refractivity contribution in [1.29, 1.82) is 0 Å². The number of hydrogen-bond donors (Lipinski definition) is 0. The van der Waals surface area contributed by atoms with Gasteiger partial charge in [0, 0.05) is 7.11 Å².